The van der Waals surface area contributed by atoms with Crippen molar-refractivity contribution in [3.63, 3.8) is 0 Å². The van der Waals surface area contributed by atoms with Gasteiger partial charge >= 0.3 is 0 Å². The van der Waals surface area contributed by atoms with Crippen molar-refractivity contribution in [2.24, 2.45) is 0 Å². The Morgan fingerprint density at radius 2 is 1.63 bits per heavy atom. The van der Waals surface area contributed by atoms with Gasteiger partial charge in [-0.2, -0.15) is 9.29 Å². The minimum atomic E-state index is -3.72. The van der Waals surface area contributed by atoms with Crippen LogP contribution in [0.3, 0.4) is 0 Å². The Labute approximate surface area is 233 Å². The van der Waals surface area contributed by atoms with E-state index in [4.69, 9.17) is 23.2 Å². The third-order valence-corrected chi connectivity index (χ3v) is 9.29. The van der Waals surface area contributed by atoms with Crippen LogP contribution in [0.1, 0.15) is 18.4 Å². The smallest absolute Gasteiger partial charge is 0.245 e. The van der Waals surface area contributed by atoms with Gasteiger partial charge in [0.2, 0.25) is 16.0 Å². The molecule has 0 saturated carbocycles. The van der Waals surface area contributed by atoms with Gasteiger partial charge in [0.25, 0.3) is 0 Å². The topological polar surface area (TPSA) is 93.7 Å². The van der Waals surface area contributed by atoms with E-state index in [1.54, 1.807) is 12.1 Å². The van der Waals surface area contributed by atoms with Gasteiger partial charge in [0, 0.05) is 56.5 Å². The first kappa shape index (κ1) is 27.1. The summed E-state index contributed by atoms with van der Waals surface area (Å²) in [4.78, 5) is 13.7. The Kier molecular flexibility index (Phi) is 8.37. The molecule has 5 rings (SSSR count). The SMILES string of the molecule is CN1CCN(Cc2ccc(Nc3ncc(Cl)c(Nc4ccc(Cl)cc4S(=O)(=O)N4CCCC4)n3)cc2)CC1. The predicted molar refractivity (Wildman–Crippen MR) is 152 cm³/mol. The van der Waals surface area contributed by atoms with Crippen molar-refractivity contribution in [2.75, 3.05) is 56.9 Å². The quantitative estimate of drug-likeness (QED) is 0.395. The summed E-state index contributed by atoms with van der Waals surface area (Å²) in [5.41, 5.74) is 2.43. The van der Waals surface area contributed by atoms with Crippen molar-refractivity contribution >= 4 is 56.4 Å². The highest BCUT2D eigenvalue weighted by molar-refractivity contribution is 7.89. The Hall–Kier alpha value is -2.47. The highest BCUT2D eigenvalue weighted by atomic mass is 35.5. The van der Waals surface area contributed by atoms with E-state index in [1.807, 2.05) is 12.1 Å². The third kappa shape index (κ3) is 6.39. The lowest BCUT2D eigenvalue weighted by Gasteiger charge is -2.32. The number of hydrogen-bond donors (Lipinski definition) is 2. The first-order valence-corrected chi connectivity index (χ1v) is 14.8. The van der Waals surface area contributed by atoms with Crippen molar-refractivity contribution in [2.45, 2.75) is 24.3 Å². The minimum absolute atomic E-state index is 0.0898. The maximum atomic E-state index is 13.3. The molecule has 0 unspecified atom stereocenters. The fraction of sp³-hybridized carbons (Fsp3) is 0.385. The van der Waals surface area contributed by atoms with Gasteiger partial charge in [-0.15, -0.1) is 0 Å². The summed E-state index contributed by atoms with van der Waals surface area (Å²) in [5.74, 6) is 0.623. The molecule has 0 spiro atoms. The minimum Gasteiger partial charge on any atom is -0.338 e. The molecule has 2 aliphatic heterocycles. The highest BCUT2D eigenvalue weighted by Crippen LogP contribution is 2.33. The second kappa shape index (κ2) is 11.7. The second-order valence-electron chi connectivity index (χ2n) is 9.67. The molecule has 0 bridgehead atoms. The molecular weight excluding hydrogens is 545 g/mol. The van der Waals surface area contributed by atoms with Crippen LogP contribution in [0.4, 0.5) is 23.1 Å². The number of hydrogen-bond acceptors (Lipinski definition) is 8. The first-order chi connectivity index (χ1) is 18.3. The molecule has 2 aromatic carbocycles. The zero-order chi connectivity index (χ0) is 26.7. The molecule has 12 heteroatoms. The average Bonchev–Trinajstić information content (AvgIpc) is 3.46. The molecule has 9 nitrogen and oxygen atoms in total. The molecular formula is C26H31Cl2N7O2S. The van der Waals surface area contributed by atoms with E-state index in [9.17, 15) is 8.42 Å². The number of rotatable bonds is 8. The molecule has 3 aromatic rings. The summed E-state index contributed by atoms with van der Waals surface area (Å²) in [5, 5.41) is 6.88. The van der Waals surface area contributed by atoms with E-state index in [0.29, 0.717) is 29.7 Å². The van der Waals surface area contributed by atoms with Crippen molar-refractivity contribution < 1.29 is 8.42 Å². The Morgan fingerprint density at radius 1 is 0.921 bits per heavy atom. The van der Waals surface area contributed by atoms with Gasteiger partial charge in [0.15, 0.2) is 5.82 Å². The highest BCUT2D eigenvalue weighted by Gasteiger charge is 2.30. The molecule has 2 N–H and O–H groups in total. The van der Waals surface area contributed by atoms with Crippen molar-refractivity contribution in [1.29, 1.82) is 0 Å². The number of anilines is 4. The molecule has 202 valence electrons. The van der Waals surface area contributed by atoms with Crippen LogP contribution in [0, 0.1) is 0 Å². The number of piperazine rings is 1. The monoisotopic (exact) mass is 575 g/mol. The molecule has 0 atom stereocenters. The van der Waals surface area contributed by atoms with Gasteiger partial charge in [0.05, 0.1) is 11.9 Å². The zero-order valence-electron chi connectivity index (χ0n) is 21.2. The molecule has 38 heavy (non-hydrogen) atoms. The van der Waals surface area contributed by atoms with Gasteiger partial charge in [-0.1, -0.05) is 35.3 Å². The van der Waals surface area contributed by atoms with Crippen molar-refractivity contribution in [3.05, 3.63) is 64.3 Å². The van der Waals surface area contributed by atoms with E-state index < -0.39 is 10.0 Å². The first-order valence-electron chi connectivity index (χ1n) is 12.6. The third-order valence-electron chi connectivity index (χ3n) is 6.84. The number of benzene rings is 2. The van der Waals surface area contributed by atoms with E-state index >= 15 is 0 Å². The molecule has 2 saturated heterocycles. The fourth-order valence-electron chi connectivity index (χ4n) is 4.61. The number of nitrogens with one attached hydrogen (secondary N) is 2. The zero-order valence-corrected chi connectivity index (χ0v) is 23.5. The second-order valence-corrected chi connectivity index (χ2v) is 12.4. The Morgan fingerprint density at radius 3 is 2.34 bits per heavy atom. The van der Waals surface area contributed by atoms with Crippen LogP contribution in [0.5, 0.6) is 0 Å². The van der Waals surface area contributed by atoms with Crippen LogP contribution in [0.2, 0.25) is 10.0 Å². The van der Waals surface area contributed by atoms with Crippen LogP contribution < -0.4 is 10.6 Å². The Bertz CT molecular complexity index is 1370. The molecule has 1 aromatic heterocycles. The molecule has 3 heterocycles. The molecule has 2 aliphatic rings. The normalized spacial score (nSPS) is 17.6. The van der Waals surface area contributed by atoms with E-state index in [1.165, 1.54) is 22.1 Å². The lowest BCUT2D eigenvalue weighted by molar-refractivity contribution is 0.148. The van der Waals surface area contributed by atoms with Gasteiger partial charge < -0.3 is 15.5 Å². The molecule has 2 fully saturated rings. The van der Waals surface area contributed by atoms with Crippen LogP contribution in [-0.4, -0.2) is 78.8 Å². The summed E-state index contributed by atoms with van der Waals surface area (Å²) in [6, 6.07) is 12.9. The molecule has 0 radical (unpaired) electrons. The Balaban J connectivity index is 1.31. The summed E-state index contributed by atoms with van der Waals surface area (Å²) in [7, 11) is -1.57. The lowest BCUT2D eigenvalue weighted by Crippen LogP contribution is -2.43. The number of aromatic nitrogens is 2. The fourth-order valence-corrected chi connectivity index (χ4v) is 6.67. The molecule has 0 aliphatic carbocycles. The standard InChI is InChI=1S/C26H31Cl2N7O2S/c1-33-12-14-34(15-13-33)18-19-4-7-21(8-5-19)30-26-29-17-22(28)25(32-26)31-23-9-6-20(27)16-24(23)38(36,37)35-10-2-3-11-35/h4-9,16-17H,2-3,10-15,18H2,1H3,(H2,29,30,31,32). The van der Waals surface area contributed by atoms with E-state index in [-0.39, 0.29) is 15.7 Å². The van der Waals surface area contributed by atoms with E-state index in [2.05, 4.69) is 49.6 Å². The van der Waals surface area contributed by atoms with Gasteiger partial charge in [-0.05, 0) is 55.8 Å². The van der Waals surface area contributed by atoms with Gasteiger partial charge in [-0.25, -0.2) is 13.4 Å². The largest absolute Gasteiger partial charge is 0.338 e. The van der Waals surface area contributed by atoms with Crippen LogP contribution in [0.25, 0.3) is 0 Å². The summed E-state index contributed by atoms with van der Waals surface area (Å²) in [6.07, 6.45) is 3.16. The van der Waals surface area contributed by atoms with Crippen LogP contribution in [-0.2, 0) is 16.6 Å². The van der Waals surface area contributed by atoms with Crippen molar-refractivity contribution in [3.8, 4) is 0 Å². The predicted octanol–water partition coefficient (Wildman–Crippen LogP) is 4.80. The number of sulfonamides is 1. The van der Waals surface area contributed by atoms with Crippen LogP contribution >= 0.6 is 23.2 Å². The van der Waals surface area contributed by atoms with Crippen LogP contribution in [0.15, 0.2) is 53.6 Å². The van der Waals surface area contributed by atoms with Crippen molar-refractivity contribution in [1.82, 2.24) is 24.1 Å². The maximum Gasteiger partial charge on any atom is 0.245 e. The van der Waals surface area contributed by atoms with Gasteiger partial charge in [-0.3, -0.25) is 4.90 Å². The number of nitrogens with zero attached hydrogens (tertiary/aromatic N) is 5. The summed E-state index contributed by atoms with van der Waals surface area (Å²) < 4.78 is 28.1. The van der Waals surface area contributed by atoms with Gasteiger partial charge in [0.1, 0.15) is 9.92 Å². The average molecular weight is 577 g/mol. The molecule has 0 amide bonds. The van der Waals surface area contributed by atoms with E-state index in [0.717, 1.165) is 51.3 Å². The summed E-state index contributed by atoms with van der Waals surface area (Å²) >= 11 is 12.6. The maximum absolute atomic E-state index is 13.3. The lowest BCUT2D eigenvalue weighted by atomic mass is 10.2. The summed E-state index contributed by atoms with van der Waals surface area (Å²) in [6.45, 7) is 6.22. The number of halogens is 2. The number of likely N-dealkylation sites (N-methyl/N-ethyl adjacent to an activating group) is 1.